The number of allylic oxidation sites excluding steroid dienone is 2. The van der Waals surface area contributed by atoms with Gasteiger partial charge in [-0.15, -0.1) is 0 Å². The highest BCUT2D eigenvalue weighted by Crippen LogP contribution is 2.32. The van der Waals surface area contributed by atoms with Crippen LogP contribution in [0.3, 0.4) is 0 Å². The second kappa shape index (κ2) is 12.0. The van der Waals surface area contributed by atoms with Crippen LogP contribution in [0.2, 0.25) is 0 Å². The number of carbonyl (C=O) groups is 2. The number of halogens is 1. The minimum absolute atomic E-state index is 0.0409. The van der Waals surface area contributed by atoms with Crippen LogP contribution in [-0.4, -0.2) is 25.2 Å². The molecule has 0 atom stereocenters. The maximum atomic E-state index is 12.9. The van der Waals surface area contributed by atoms with Crippen molar-refractivity contribution in [3.8, 4) is 22.3 Å². The van der Waals surface area contributed by atoms with Gasteiger partial charge in [0.1, 0.15) is 0 Å². The molecule has 34 heavy (non-hydrogen) atoms. The summed E-state index contributed by atoms with van der Waals surface area (Å²) >= 11 is 6.21. The van der Waals surface area contributed by atoms with Crippen molar-refractivity contribution in [2.45, 2.75) is 20.3 Å². The summed E-state index contributed by atoms with van der Waals surface area (Å²) < 4.78 is 10.5. The van der Waals surface area contributed by atoms with Crippen LogP contribution >= 0.6 is 11.6 Å². The van der Waals surface area contributed by atoms with E-state index in [4.69, 9.17) is 21.1 Å². The Labute approximate surface area is 205 Å². The molecule has 5 heteroatoms. The molecule has 0 aliphatic heterocycles. The average molecular weight is 475 g/mol. The lowest BCUT2D eigenvalue weighted by atomic mass is 9.91. The standard InChI is InChI=1S/C29H27ClO4/c1-4-25(30)16-23-18-27(29(32)34-6-3)26(17-24(23)19-28(31)33-5-2)22-14-12-21(13-15-22)20-10-8-7-9-11-20/h4,7-18H,1,5-6,19H2,2-3H3/b25-16-. The molecule has 0 unspecified atom stereocenters. The van der Waals surface area contributed by atoms with Gasteiger partial charge in [-0.2, -0.15) is 0 Å². The van der Waals surface area contributed by atoms with Gasteiger partial charge in [-0.05, 0) is 65.4 Å². The van der Waals surface area contributed by atoms with E-state index in [1.54, 1.807) is 26.0 Å². The largest absolute Gasteiger partial charge is 0.466 e. The van der Waals surface area contributed by atoms with Crippen LogP contribution < -0.4 is 0 Å². The van der Waals surface area contributed by atoms with Gasteiger partial charge in [0.15, 0.2) is 0 Å². The molecule has 174 valence electrons. The summed E-state index contributed by atoms with van der Waals surface area (Å²) in [5, 5.41) is 0.389. The molecule has 0 bridgehead atoms. The van der Waals surface area contributed by atoms with E-state index in [0.717, 1.165) is 16.7 Å². The molecular formula is C29H27ClO4. The van der Waals surface area contributed by atoms with Crippen molar-refractivity contribution in [1.29, 1.82) is 0 Å². The Morgan fingerprint density at radius 1 is 0.882 bits per heavy atom. The first-order chi connectivity index (χ1) is 16.5. The number of ether oxygens (including phenoxy) is 2. The zero-order valence-corrected chi connectivity index (χ0v) is 20.1. The van der Waals surface area contributed by atoms with Crippen molar-refractivity contribution >= 4 is 29.6 Å². The van der Waals surface area contributed by atoms with E-state index in [1.165, 1.54) is 6.08 Å². The van der Waals surface area contributed by atoms with E-state index >= 15 is 0 Å². The minimum Gasteiger partial charge on any atom is -0.466 e. The third-order valence-corrected chi connectivity index (χ3v) is 5.47. The molecule has 0 aliphatic rings. The predicted octanol–water partition coefficient (Wildman–Crippen LogP) is 7.07. The second-order valence-corrected chi connectivity index (χ2v) is 7.91. The highest BCUT2D eigenvalue weighted by atomic mass is 35.5. The summed E-state index contributed by atoms with van der Waals surface area (Å²) in [6.45, 7) is 7.73. The number of esters is 2. The molecule has 0 N–H and O–H groups in total. The monoisotopic (exact) mass is 474 g/mol. The van der Waals surface area contributed by atoms with Crippen LogP contribution in [0.5, 0.6) is 0 Å². The molecule has 3 aromatic carbocycles. The van der Waals surface area contributed by atoms with E-state index in [-0.39, 0.29) is 25.6 Å². The molecule has 0 heterocycles. The third kappa shape index (κ3) is 6.24. The molecule has 3 rings (SSSR count). The number of benzene rings is 3. The first-order valence-electron chi connectivity index (χ1n) is 11.1. The molecule has 3 aromatic rings. The van der Waals surface area contributed by atoms with Crippen LogP contribution in [0, 0.1) is 0 Å². The molecule has 0 saturated carbocycles. The number of carbonyl (C=O) groups excluding carboxylic acids is 2. The summed E-state index contributed by atoms with van der Waals surface area (Å²) in [6.07, 6.45) is 3.21. The van der Waals surface area contributed by atoms with Gasteiger partial charge in [-0.25, -0.2) is 4.79 Å². The lowest BCUT2D eigenvalue weighted by Crippen LogP contribution is -2.12. The lowest BCUT2D eigenvalue weighted by molar-refractivity contribution is -0.142. The Morgan fingerprint density at radius 3 is 2.12 bits per heavy atom. The number of rotatable bonds is 9. The van der Waals surface area contributed by atoms with E-state index in [1.807, 2.05) is 60.7 Å². The van der Waals surface area contributed by atoms with E-state index < -0.39 is 5.97 Å². The van der Waals surface area contributed by atoms with Crippen molar-refractivity contribution < 1.29 is 19.1 Å². The van der Waals surface area contributed by atoms with E-state index in [2.05, 4.69) is 6.58 Å². The quantitative estimate of drug-likeness (QED) is 0.246. The Hall–Kier alpha value is -3.63. The molecule has 0 saturated heterocycles. The topological polar surface area (TPSA) is 52.6 Å². The summed E-state index contributed by atoms with van der Waals surface area (Å²) in [7, 11) is 0. The van der Waals surface area contributed by atoms with Crippen molar-refractivity contribution in [2.75, 3.05) is 13.2 Å². The maximum Gasteiger partial charge on any atom is 0.338 e. The van der Waals surface area contributed by atoms with Gasteiger partial charge in [0.25, 0.3) is 0 Å². The summed E-state index contributed by atoms with van der Waals surface area (Å²) in [4.78, 5) is 25.2. The molecular weight excluding hydrogens is 448 g/mol. The molecule has 0 aliphatic carbocycles. The molecule has 4 nitrogen and oxygen atoms in total. The average Bonchev–Trinajstić information content (AvgIpc) is 2.85. The zero-order chi connectivity index (χ0) is 24.5. The Balaban J connectivity index is 2.15. The first-order valence-corrected chi connectivity index (χ1v) is 11.5. The van der Waals surface area contributed by atoms with Gasteiger partial charge in [-0.1, -0.05) is 78.9 Å². The smallest absolute Gasteiger partial charge is 0.338 e. The lowest BCUT2D eigenvalue weighted by Gasteiger charge is -2.15. The first kappa shape index (κ1) is 25.0. The normalized spacial score (nSPS) is 11.1. The highest BCUT2D eigenvalue weighted by molar-refractivity contribution is 6.33. The van der Waals surface area contributed by atoms with E-state index in [9.17, 15) is 9.59 Å². The van der Waals surface area contributed by atoms with Crippen molar-refractivity contribution in [3.05, 3.63) is 101 Å². The Morgan fingerprint density at radius 2 is 1.50 bits per heavy atom. The molecule has 0 spiro atoms. The fraction of sp³-hybridized carbons (Fsp3) is 0.172. The van der Waals surface area contributed by atoms with Crippen LogP contribution in [0.25, 0.3) is 28.3 Å². The molecule has 0 fully saturated rings. The van der Waals surface area contributed by atoms with Crippen molar-refractivity contribution in [1.82, 2.24) is 0 Å². The fourth-order valence-corrected chi connectivity index (χ4v) is 3.73. The minimum atomic E-state index is -0.448. The van der Waals surface area contributed by atoms with Crippen molar-refractivity contribution in [3.63, 3.8) is 0 Å². The summed E-state index contributed by atoms with van der Waals surface area (Å²) in [5.41, 5.74) is 5.37. The van der Waals surface area contributed by atoms with Gasteiger partial charge in [-0.3, -0.25) is 4.79 Å². The van der Waals surface area contributed by atoms with Gasteiger partial charge >= 0.3 is 11.9 Å². The number of hydrogen-bond donors (Lipinski definition) is 0. The Bertz CT molecular complexity index is 1190. The van der Waals surface area contributed by atoms with Gasteiger partial charge in [0, 0.05) is 5.03 Å². The number of hydrogen-bond acceptors (Lipinski definition) is 4. The molecule has 0 aromatic heterocycles. The van der Waals surface area contributed by atoms with Crippen LogP contribution in [-0.2, 0) is 20.7 Å². The highest BCUT2D eigenvalue weighted by Gasteiger charge is 2.19. The zero-order valence-electron chi connectivity index (χ0n) is 19.3. The molecule has 0 radical (unpaired) electrons. The van der Waals surface area contributed by atoms with Gasteiger partial charge in [0.2, 0.25) is 0 Å². The van der Waals surface area contributed by atoms with Gasteiger partial charge < -0.3 is 9.47 Å². The van der Waals surface area contributed by atoms with Crippen molar-refractivity contribution in [2.24, 2.45) is 0 Å². The predicted molar refractivity (Wildman–Crippen MR) is 138 cm³/mol. The third-order valence-electron chi connectivity index (χ3n) is 5.21. The molecule has 0 amide bonds. The summed E-state index contributed by atoms with van der Waals surface area (Å²) in [5.74, 6) is -0.808. The summed E-state index contributed by atoms with van der Waals surface area (Å²) in [6, 6.07) is 21.5. The SMILES string of the molecule is C=C/C(Cl)=C/c1cc(C(=O)OCC)c(-c2ccc(-c3ccccc3)cc2)cc1CC(=O)OCC. The van der Waals surface area contributed by atoms with Crippen LogP contribution in [0.4, 0.5) is 0 Å². The van der Waals surface area contributed by atoms with Gasteiger partial charge in [0.05, 0.1) is 25.2 Å². The van der Waals surface area contributed by atoms with Crippen LogP contribution in [0.1, 0.15) is 35.3 Å². The van der Waals surface area contributed by atoms with E-state index in [0.29, 0.717) is 27.3 Å². The van der Waals surface area contributed by atoms with Crippen LogP contribution in [0.15, 0.2) is 84.4 Å². The second-order valence-electron chi connectivity index (χ2n) is 7.48. The maximum absolute atomic E-state index is 12.9. The fourth-order valence-electron chi connectivity index (χ4n) is 3.61. The Kier molecular flexibility index (Phi) is 8.83.